The standard InChI is InChI=1S/C7H4FNO2S2/c8-13(10,11)5-1-2-7-6(3-5)9-4-12-7/h1-4H. The van der Waals surface area contributed by atoms with Crippen molar-refractivity contribution < 1.29 is 12.3 Å². The molecule has 0 amide bonds. The maximum Gasteiger partial charge on any atom is 0.332 e. The molecule has 0 N–H and O–H groups in total. The lowest BCUT2D eigenvalue weighted by Gasteiger charge is -1.92. The zero-order chi connectivity index (χ0) is 9.47. The topological polar surface area (TPSA) is 47.0 Å². The summed E-state index contributed by atoms with van der Waals surface area (Å²) in [4.78, 5) is 3.54. The van der Waals surface area contributed by atoms with Crippen molar-refractivity contribution in [3.8, 4) is 0 Å². The molecule has 0 aliphatic heterocycles. The minimum Gasteiger partial charge on any atom is -0.245 e. The van der Waals surface area contributed by atoms with E-state index in [0.29, 0.717) is 5.52 Å². The molecule has 0 spiro atoms. The van der Waals surface area contributed by atoms with Gasteiger partial charge in [0.1, 0.15) is 4.90 Å². The first-order chi connectivity index (χ1) is 6.07. The van der Waals surface area contributed by atoms with E-state index in [9.17, 15) is 12.3 Å². The molecule has 0 saturated carbocycles. The van der Waals surface area contributed by atoms with Crippen LogP contribution in [-0.2, 0) is 10.2 Å². The Bertz CT molecular complexity index is 546. The molecule has 0 unspecified atom stereocenters. The lowest BCUT2D eigenvalue weighted by molar-refractivity contribution is 0.552. The predicted molar refractivity (Wildman–Crippen MR) is 47.9 cm³/mol. The van der Waals surface area contributed by atoms with Crippen molar-refractivity contribution in [3.63, 3.8) is 0 Å². The third-order valence-electron chi connectivity index (χ3n) is 1.58. The number of benzene rings is 1. The van der Waals surface area contributed by atoms with Crippen LogP contribution in [0.25, 0.3) is 10.2 Å². The quantitative estimate of drug-likeness (QED) is 0.686. The monoisotopic (exact) mass is 217 g/mol. The molecule has 1 aromatic carbocycles. The van der Waals surface area contributed by atoms with Crippen LogP contribution in [0.2, 0.25) is 0 Å². The molecule has 1 heterocycles. The summed E-state index contributed by atoms with van der Waals surface area (Å²) in [7, 11) is -4.61. The number of thiazole rings is 1. The number of nitrogens with zero attached hydrogens (tertiary/aromatic N) is 1. The van der Waals surface area contributed by atoms with Crippen LogP contribution in [0.4, 0.5) is 3.89 Å². The first-order valence-electron chi connectivity index (χ1n) is 3.35. The van der Waals surface area contributed by atoms with Gasteiger partial charge in [-0.05, 0) is 18.2 Å². The maximum absolute atomic E-state index is 12.5. The second-order valence-electron chi connectivity index (χ2n) is 2.42. The molecule has 3 nitrogen and oxygen atoms in total. The van der Waals surface area contributed by atoms with Crippen LogP contribution in [0.5, 0.6) is 0 Å². The van der Waals surface area contributed by atoms with Crippen molar-refractivity contribution in [1.82, 2.24) is 4.98 Å². The SMILES string of the molecule is O=S(=O)(F)c1ccc2scnc2c1. The largest absolute Gasteiger partial charge is 0.332 e. The Kier molecular flexibility index (Phi) is 1.81. The van der Waals surface area contributed by atoms with E-state index < -0.39 is 10.2 Å². The second-order valence-corrected chi connectivity index (χ2v) is 4.65. The fourth-order valence-electron chi connectivity index (χ4n) is 0.989. The van der Waals surface area contributed by atoms with Gasteiger partial charge in [-0.1, -0.05) is 0 Å². The number of rotatable bonds is 1. The highest BCUT2D eigenvalue weighted by Gasteiger charge is 2.12. The van der Waals surface area contributed by atoms with E-state index in [2.05, 4.69) is 4.98 Å². The molecule has 68 valence electrons. The van der Waals surface area contributed by atoms with E-state index in [-0.39, 0.29) is 4.90 Å². The van der Waals surface area contributed by atoms with Crippen LogP contribution in [0.1, 0.15) is 0 Å². The lowest BCUT2D eigenvalue weighted by Crippen LogP contribution is -1.90. The van der Waals surface area contributed by atoms with Crippen LogP contribution in [-0.4, -0.2) is 13.4 Å². The fourth-order valence-corrected chi connectivity index (χ4v) is 2.13. The van der Waals surface area contributed by atoms with Gasteiger partial charge in [0.2, 0.25) is 0 Å². The van der Waals surface area contributed by atoms with Crippen molar-refractivity contribution in [3.05, 3.63) is 23.7 Å². The molecular formula is C7H4FNO2S2. The first-order valence-corrected chi connectivity index (χ1v) is 5.61. The minimum absolute atomic E-state index is 0.342. The molecule has 2 rings (SSSR count). The highest BCUT2D eigenvalue weighted by molar-refractivity contribution is 7.86. The molecule has 13 heavy (non-hydrogen) atoms. The summed E-state index contributed by atoms with van der Waals surface area (Å²) < 4.78 is 34.4. The third-order valence-corrected chi connectivity index (χ3v) is 3.21. The Labute approximate surface area is 78.1 Å². The van der Waals surface area contributed by atoms with Crippen LogP contribution in [0.15, 0.2) is 28.6 Å². The summed E-state index contributed by atoms with van der Waals surface area (Å²) in [6, 6.07) is 4.00. The highest BCUT2D eigenvalue weighted by atomic mass is 32.3. The minimum atomic E-state index is -4.61. The normalized spacial score (nSPS) is 12.1. The smallest absolute Gasteiger partial charge is 0.245 e. The molecule has 6 heteroatoms. The van der Waals surface area contributed by atoms with E-state index in [4.69, 9.17) is 0 Å². The number of fused-ring (bicyclic) bond motifs is 1. The summed E-state index contributed by atoms with van der Waals surface area (Å²) in [6.45, 7) is 0. The molecule has 0 aliphatic rings. The highest BCUT2D eigenvalue weighted by Crippen LogP contribution is 2.22. The van der Waals surface area contributed by atoms with Gasteiger partial charge in [-0.2, -0.15) is 8.42 Å². The summed E-state index contributed by atoms with van der Waals surface area (Å²) in [5.74, 6) is 0. The molecule has 0 saturated heterocycles. The van der Waals surface area contributed by atoms with Gasteiger partial charge < -0.3 is 0 Å². The van der Waals surface area contributed by atoms with E-state index in [1.807, 2.05) is 0 Å². The van der Waals surface area contributed by atoms with Crippen molar-refractivity contribution in [2.75, 3.05) is 0 Å². The number of halogens is 1. The molecule has 0 atom stereocenters. The van der Waals surface area contributed by atoms with Gasteiger partial charge >= 0.3 is 10.2 Å². The number of aromatic nitrogens is 1. The first kappa shape index (κ1) is 8.58. The molecular weight excluding hydrogens is 213 g/mol. The average Bonchev–Trinajstić information content (AvgIpc) is 2.47. The Hall–Kier alpha value is -1.01. The van der Waals surface area contributed by atoms with E-state index in [1.54, 1.807) is 11.6 Å². The molecule has 0 bridgehead atoms. The van der Waals surface area contributed by atoms with Crippen LogP contribution >= 0.6 is 11.3 Å². The van der Waals surface area contributed by atoms with Gasteiger partial charge in [-0.25, -0.2) is 4.98 Å². The van der Waals surface area contributed by atoms with Crippen LogP contribution in [0, 0.1) is 0 Å². The fraction of sp³-hybridized carbons (Fsp3) is 0. The van der Waals surface area contributed by atoms with Gasteiger partial charge in [-0.15, -0.1) is 15.2 Å². The summed E-state index contributed by atoms with van der Waals surface area (Å²) >= 11 is 1.38. The van der Waals surface area contributed by atoms with Crippen molar-refractivity contribution in [2.45, 2.75) is 4.90 Å². The number of hydrogen-bond donors (Lipinski definition) is 0. The van der Waals surface area contributed by atoms with E-state index >= 15 is 0 Å². The molecule has 0 fully saturated rings. The Morgan fingerprint density at radius 3 is 2.85 bits per heavy atom. The zero-order valence-electron chi connectivity index (χ0n) is 6.27. The van der Waals surface area contributed by atoms with Gasteiger partial charge in [0, 0.05) is 0 Å². The van der Waals surface area contributed by atoms with Gasteiger partial charge in [0.15, 0.2) is 0 Å². The third kappa shape index (κ3) is 1.54. The van der Waals surface area contributed by atoms with Crippen LogP contribution in [0.3, 0.4) is 0 Å². The maximum atomic E-state index is 12.5. The second kappa shape index (κ2) is 2.74. The van der Waals surface area contributed by atoms with Gasteiger partial charge in [0.05, 0.1) is 15.7 Å². The Morgan fingerprint density at radius 2 is 2.15 bits per heavy atom. The van der Waals surface area contributed by atoms with E-state index in [0.717, 1.165) is 4.70 Å². The molecule has 0 radical (unpaired) electrons. The predicted octanol–water partition coefficient (Wildman–Crippen LogP) is 1.95. The van der Waals surface area contributed by atoms with Crippen LogP contribution < -0.4 is 0 Å². The summed E-state index contributed by atoms with van der Waals surface area (Å²) in [5.41, 5.74) is 2.09. The van der Waals surface area contributed by atoms with Gasteiger partial charge in [-0.3, -0.25) is 0 Å². The van der Waals surface area contributed by atoms with E-state index in [1.165, 1.54) is 23.5 Å². The molecule has 0 aliphatic carbocycles. The summed E-state index contributed by atoms with van der Waals surface area (Å²) in [5, 5.41) is 0. The summed E-state index contributed by atoms with van der Waals surface area (Å²) in [6.07, 6.45) is 0. The van der Waals surface area contributed by atoms with Crippen molar-refractivity contribution >= 4 is 31.8 Å². The zero-order valence-corrected chi connectivity index (χ0v) is 7.90. The Balaban J connectivity index is 2.75. The number of hydrogen-bond acceptors (Lipinski definition) is 4. The van der Waals surface area contributed by atoms with Gasteiger partial charge in [0.25, 0.3) is 0 Å². The Morgan fingerprint density at radius 1 is 1.38 bits per heavy atom. The molecule has 1 aromatic heterocycles. The average molecular weight is 217 g/mol. The van der Waals surface area contributed by atoms with Crippen molar-refractivity contribution in [1.29, 1.82) is 0 Å². The lowest BCUT2D eigenvalue weighted by atomic mass is 10.3. The molecule has 2 aromatic rings. The van der Waals surface area contributed by atoms with Crippen molar-refractivity contribution in [2.24, 2.45) is 0 Å².